The normalized spacial score (nSPS) is 18.5. The summed E-state index contributed by atoms with van der Waals surface area (Å²) in [6.45, 7) is 7.40. The Morgan fingerprint density at radius 2 is 1.91 bits per heavy atom. The van der Waals surface area contributed by atoms with Gasteiger partial charge in [0.1, 0.15) is 16.3 Å². The summed E-state index contributed by atoms with van der Waals surface area (Å²) in [5, 5.41) is 16.1. The summed E-state index contributed by atoms with van der Waals surface area (Å²) >= 11 is 2.46. The number of nitrogens with zero attached hydrogens (tertiary/aromatic N) is 4. The molecular formula is C22H33F2N7S2. The van der Waals surface area contributed by atoms with Crippen LogP contribution in [0, 0.1) is 10.8 Å². The summed E-state index contributed by atoms with van der Waals surface area (Å²) in [7, 11) is 2.64. The number of alkyl halides is 2. The van der Waals surface area contributed by atoms with Crippen molar-refractivity contribution < 1.29 is 8.78 Å². The molecule has 1 saturated heterocycles. The van der Waals surface area contributed by atoms with Gasteiger partial charge in [0.2, 0.25) is 0 Å². The van der Waals surface area contributed by atoms with Gasteiger partial charge in [-0.1, -0.05) is 6.92 Å². The van der Waals surface area contributed by atoms with Crippen molar-refractivity contribution in [1.82, 2.24) is 19.0 Å². The van der Waals surface area contributed by atoms with Crippen LogP contribution in [0.1, 0.15) is 38.9 Å². The molecule has 0 amide bonds. The molecule has 2 aliphatic rings. The first-order valence-corrected chi connectivity index (χ1v) is 12.7. The van der Waals surface area contributed by atoms with E-state index < -0.39 is 6.17 Å². The van der Waals surface area contributed by atoms with Crippen LogP contribution in [0.3, 0.4) is 0 Å². The van der Waals surface area contributed by atoms with Crippen LogP contribution in [0.4, 0.5) is 14.5 Å². The summed E-state index contributed by atoms with van der Waals surface area (Å²) in [4.78, 5) is 10.2. The van der Waals surface area contributed by atoms with Gasteiger partial charge in [-0.05, 0) is 63.0 Å². The van der Waals surface area contributed by atoms with E-state index in [0.717, 1.165) is 60.5 Å². The molecule has 2 aromatic rings. The lowest BCUT2D eigenvalue weighted by Gasteiger charge is -2.34. The Bertz CT molecular complexity index is 983. The Kier molecular flexibility index (Phi) is 8.76. The quantitative estimate of drug-likeness (QED) is 0.295. The molecule has 0 aromatic carbocycles. The third kappa shape index (κ3) is 6.06. The van der Waals surface area contributed by atoms with Gasteiger partial charge in [0.05, 0.1) is 24.6 Å². The number of hydrogen-bond acceptors (Lipinski definition) is 8. The molecule has 1 unspecified atom stereocenters. The highest BCUT2D eigenvalue weighted by Crippen LogP contribution is 2.41. The Hall–Kier alpha value is -1.69. The lowest BCUT2D eigenvalue weighted by molar-refractivity contribution is 0.313. The lowest BCUT2D eigenvalue weighted by Crippen LogP contribution is -2.44. The molecule has 0 bridgehead atoms. The molecule has 3 heterocycles. The van der Waals surface area contributed by atoms with Crippen molar-refractivity contribution in [2.45, 2.75) is 49.7 Å². The van der Waals surface area contributed by atoms with E-state index in [4.69, 9.17) is 10.8 Å². The van der Waals surface area contributed by atoms with Gasteiger partial charge in [-0.3, -0.25) is 24.3 Å². The van der Waals surface area contributed by atoms with Gasteiger partial charge in [0.25, 0.3) is 0 Å². The van der Waals surface area contributed by atoms with Crippen LogP contribution in [-0.4, -0.2) is 76.5 Å². The SMILES string of the molecule is CCC1(NSc2cc(N3CCN(C)CC3)c3cnc(C(=N)SC(=N)C(C)F)n3c2)CC1.CF. The molecule has 33 heavy (non-hydrogen) atoms. The minimum atomic E-state index is -1.39. The maximum Gasteiger partial charge on any atom is 0.169 e. The first kappa shape index (κ1) is 25.9. The number of rotatable bonds is 7. The number of imidazole rings is 1. The lowest BCUT2D eigenvalue weighted by atomic mass is 10.2. The monoisotopic (exact) mass is 497 g/mol. The topological polar surface area (TPSA) is 83.5 Å². The fourth-order valence-electron chi connectivity index (χ4n) is 3.66. The maximum absolute atomic E-state index is 13.5. The minimum absolute atomic E-state index is 0.0844. The molecule has 11 heteroatoms. The van der Waals surface area contributed by atoms with Gasteiger partial charge >= 0.3 is 0 Å². The molecule has 2 fully saturated rings. The molecular weight excluding hydrogens is 464 g/mol. The number of aromatic nitrogens is 2. The van der Waals surface area contributed by atoms with Crippen LogP contribution in [0.5, 0.6) is 0 Å². The Morgan fingerprint density at radius 3 is 2.48 bits per heavy atom. The van der Waals surface area contributed by atoms with Crippen molar-refractivity contribution >= 4 is 45.0 Å². The molecule has 4 rings (SSSR count). The van der Waals surface area contributed by atoms with Crippen LogP contribution in [0.15, 0.2) is 23.4 Å². The third-order valence-corrected chi connectivity index (χ3v) is 8.06. The van der Waals surface area contributed by atoms with Gasteiger partial charge in [-0.2, -0.15) is 0 Å². The van der Waals surface area contributed by atoms with Crippen LogP contribution in [0.25, 0.3) is 5.52 Å². The van der Waals surface area contributed by atoms with Crippen LogP contribution >= 0.6 is 23.7 Å². The number of anilines is 1. The van der Waals surface area contributed by atoms with E-state index in [1.807, 2.05) is 10.6 Å². The smallest absolute Gasteiger partial charge is 0.169 e. The zero-order chi connectivity index (χ0) is 24.2. The maximum atomic E-state index is 13.5. The number of hydrogen-bond donors (Lipinski definition) is 3. The summed E-state index contributed by atoms with van der Waals surface area (Å²) < 4.78 is 28.5. The Morgan fingerprint density at radius 1 is 1.24 bits per heavy atom. The zero-order valence-electron chi connectivity index (χ0n) is 19.6. The van der Waals surface area contributed by atoms with Crippen molar-refractivity contribution in [3.05, 3.63) is 24.3 Å². The molecule has 1 atom stereocenters. The van der Waals surface area contributed by atoms with Gasteiger partial charge in [-0.25, -0.2) is 9.37 Å². The molecule has 2 aromatic heterocycles. The largest absolute Gasteiger partial charge is 0.367 e. The highest BCUT2D eigenvalue weighted by Gasteiger charge is 2.40. The van der Waals surface area contributed by atoms with Crippen molar-refractivity contribution in [1.29, 1.82) is 10.8 Å². The zero-order valence-corrected chi connectivity index (χ0v) is 21.3. The summed E-state index contributed by atoms with van der Waals surface area (Å²) in [5.74, 6) is 0.444. The molecule has 0 radical (unpaired) electrons. The molecule has 7 nitrogen and oxygen atoms in total. The van der Waals surface area contributed by atoms with E-state index in [0.29, 0.717) is 13.0 Å². The predicted molar refractivity (Wildman–Crippen MR) is 136 cm³/mol. The van der Waals surface area contributed by atoms with E-state index in [-0.39, 0.29) is 15.6 Å². The number of thioether (sulfide) groups is 1. The van der Waals surface area contributed by atoms with E-state index >= 15 is 0 Å². The number of piperazine rings is 1. The number of nitrogens with one attached hydrogen (secondary N) is 3. The van der Waals surface area contributed by atoms with Crippen LogP contribution in [-0.2, 0) is 0 Å². The van der Waals surface area contributed by atoms with Gasteiger partial charge in [0.15, 0.2) is 5.82 Å². The molecule has 1 aliphatic carbocycles. The van der Waals surface area contributed by atoms with E-state index in [1.165, 1.54) is 19.8 Å². The third-order valence-electron chi connectivity index (χ3n) is 6.13. The minimum Gasteiger partial charge on any atom is -0.367 e. The Labute approximate surface area is 202 Å². The predicted octanol–water partition coefficient (Wildman–Crippen LogP) is 4.60. The second-order valence-corrected chi connectivity index (χ2v) is 10.4. The molecule has 182 valence electrons. The summed E-state index contributed by atoms with van der Waals surface area (Å²) in [6.07, 6.45) is 5.90. The highest BCUT2D eigenvalue weighted by molar-refractivity contribution is 8.26. The fourth-order valence-corrected chi connectivity index (χ4v) is 5.30. The van der Waals surface area contributed by atoms with Crippen LogP contribution < -0.4 is 9.62 Å². The summed E-state index contributed by atoms with van der Waals surface area (Å²) in [5.41, 5.74) is 2.28. The Balaban J connectivity index is 0.00000149. The molecule has 0 spiro atoms. The van der Waals surface area contributed by atoms with Gasteiger partial charge in [0, 0.05) is 42.8 Å². The average molecular weight is 498 g/mol. The van der Waals surface area contributed by atoms with Crippen molar-refractivity contribution in [3.8, 4) is 0 Å². The number of pyridine rings is 1. The standard InChI is InChI=1S/C21H30FN7S2.CH3F/c1-4-21(5-6-21)26-31-15-11-16(28-9-7-27(3)8-10-28)17-12-25-20(29(17)13-15)19(24)30-18(23)14(2)22;1-2/h11-14,23-24,26H,4-10H2,1-3H3;1H3. The van der Waals surface area contributed by atoms with E-state index in [1.54, 1.807) is 18.1 Å². The second kappa shape index (κ2) is 11.2. The van der Waals surface area contributed by atoms with Crippen molar-refractivity contribution in [2.75, 3.05) is 45.3 Å². The average Bonchev–Trinajstić information content (AvgIpc) is 3.48. The number of halogens is 2. The van der Waals surface area contributed by atoms with Gasteiger partial charge < -0.3 is 9.80 Å². The van der Waals surface area contributed by atoms with Gasteiger partial charge in [-0.15, -0.1) is 0 Å². The van der Waals surface area contributed by atoms with Crippen molar-refractivity contribution in [2.24, 2.45) is 0 Å². The number of fused-ring (bicyclic) bond motifs is 1. The van der Waals surface area contributed by atoms with Crippen molar-refractivity contribution in [3.63, 3.8) is 0 Å². The van der Waals surface area contributed by atoms with Crippen LogP contribution in [0.2, 0.25) is 0 Å². The molecule has 1 saturated carbocycles. The molecule has 3 N–H and O–H groups in total. The first-order valence-electron chi connectivity index (χ1n) is 11.1. The summed E-state index contributed by atoms with van der Waals surface area (Å²) in [6, 6.07) is 2.21. The first-order chi connectivity index (χ1) is 15.8. The molecule has 1 aliphatic heterocycles. The highest BCUT2D eigenvalue weighted by atomic mass is 32.2. The second-order valence-electron chi connectivity index (χ2n) is 8.44. The number of likely N-dealkylation sites (N-methyl/N-ethyl adjacent to an activating group) is 1. The van der Waals surface area contributed by atoms with E-state index in [2.05, 4.69) is 39.5 Å². The van der Waals surface area contributed by atoms with E-state index in [9.17, 15) is 8.78 Å². The fraction of sp³-hybridized carbons (Fsp3) is 0.591.